The number of hydrogen-bond donors (Lipinski definition) is 1. The first-order chi connectivity index (χ1) is 6.73. The standard InChI is InChI=1S/C12H23NO2/c1-9-6-5-7-12(13,8-9)10(14)15-11(2,3)4/h9H,5-8,13H2,1-4H3/t9-,12+/m1/s1. The Morgan fingerprint density at radius 2 is 2.07 bits per heavy atom. The van der Waals surface area contributed by atoms with Crippen LogP contribution in [-0.2, 0) is 9.53 Å². The van der Waals surface area contributed by atoms with Gasteiger partial charge in [0.25, 0.3) is 0 Å². The monoisotopic (exact) mass is 213 g/mol. The molecule has 1 saturated carbocycles. The zero-order valence-corrected chi connectivity index (χ0v) is 10.3. The predicted molar refractivity (Wildman–Crippen MR) is 60.4 cm³/mol. The normalized spacial score (nSPS) is 32.5. The fourth-order valence-corrected chi connectivity index (χ4v) is 2.16. The lowest BCUT2D eigenvalue weighted by Gasteiger charge is -2.36. The highest BCUT2D eigenvalue weighted by Crippen LogP contribution is 2.32. The molecule has 0 spiro atoms. The van der Waals surface area contributed by atoms with Crippen LogP contribution in [0.2, 0.25) is 0 Å². The molecule has 0 aliphatic heterocycles. The van der Waals surface area contributed by atoms with Gasteiger partial charge in [0.05, 0.1) is 0 Å². The van der Waals surface area contributed by atoms with Crippen molar-refractivity contribution in [3.8, 4) is 0 Å². The van der Waals surface area contributed by atoms with Crippen LogP contribution in [-0.4, -0.2) is 17.1 Å². The first kappa shape index (κ1) is 12.5. The average Bonchev–Trinajstić information content (AvgIpc) is 2.00. The number of rotatable bonds is 1. The number of hydrogen-bond acceptors (Lipinski definition) is 3. The third-order valence-corrected chi connectivity index (χ3v) is 2.84. The van der Waals surface area contributed by atoms with Gasteiger partial charge in [0.1, 0.15) is 11.1 Å². The predicted octanol–water partition coefficient (Wildman–Crippen LogP) is 2.24. The van der Waals surface area contributed by atoms with Gasteiger partial charge in [0.2, 0.25) is 0 Å². The summed E-state index contributed by atoms with van der Waals surface area (Å²) in [6.07, 6.45) is 3.70. The molecule has 0 amide bonds. The van der Waals surface area contributed by atoms with Crippen LogP contribution < -0.4 is 5.73 Å². The molecule has 2 N–H and O–H groups in total. The van der Waals surface area contributed by atoms with E-state index in [-0.39, 0.29) is 5.97 Å². The SMILES string of the molecule is C[C@@H]1CCC[C@@](N)(C(=O)OC(C)(C)C)C1. The van der Waals surface area contributed by atoms with E-state index in [4.69, 9.17) is 10.5 Å². The molecule has 88 valence electrons. The summed E-state index contributed by atoms with van der Waals surface area (Å²) in [4.78, 5) is 11.9. The summed E-state index contributed by atoms with van der Waals surface area (Å²) in [5.74, 6) is 0.290. The summed E-state index contributed by atoms with van der Waals surface area (Å²) in [6, 6.07) is 0. The second-order valence-electron chi connectivity index (χ2n) is 5.86. The summed E-state index contributed by atoms with van der Waals surface area (Å²) in [6.45, 7) is 7.77. The zero-order chi connectivity index (χ0) is 11.7. The molecule has 2 atom stereocenters. The molecule has 0 aromatic heterocycles. The van der Waals surface area contributed by atoms with Crippen LogP contribution in [0.4, 0.5) is 0 Å². The van der Waals surface area contributed by atoms with Gasteiger partial charge in [-0.05, 0) is 39.5 Å². The van der Waals surface area contributed by atoms with Crippen LogP contribution in [0.25, 0.3) is 0 Å². The van der Waals surface area contributed by atoms with Crippen molar-refractivity contribution in [3.63, 3.8) is 0 Å². The van der Waals surface area contributed by atoms with E-state index >= 15 is 0 Å². The van der Waals surface area contributed by atoms with E-state index in [2.05, 4.69) is 6.92 Å². The smallest absolute Gasteiger partial charge is 0.326 e. The van der Waals surface area contributed by atoms with Crippen molar-refractivity contribution in [2.75, 3.05) is 0 Å². The summed E-state index contributed by atoms with van der Waals surface area (Å²) < 4.78 is 5.36. The molecule has 0 bridgehead atoms. The van der Waals surface area contributed by atoms with Crippen molar-refractivity contribution >= 4 is 5.97 Å². The van der Waals surface area contributed by atoms with Crippen LogP contribution in [0.1, 0.15) is 53.4 Å². The molecule has 0 heterocycles. The zero-order valence-electron chi connectivity index (χ0n) is 10.3. The number of nitrogens with two attached hydrogens (primary N) is 1. The molecule has 0 unspecified atom stereocenters. The minimum Gasteiger partial charge on any atom is -0.459 e. The first-order valence-corrected chi connectivity index (χ1v) is 5.75. The largest absolute Gasteiger partial charge is 0.459 e. The highest BCUT2D eigenvalue weighted by molar-refractivity contribution is 5.81. The topological polar surface area (TPSA) is 52.3 Å². The maximum absolute atomic E-state index is 11.9. The fourth-order valence-electron chi connectivity index (χ4n) is 2.16. The Hall–Kier alpha value is -0.570. The Kier molecular flexibility index (Phi) is 3.44. The van der Waals surface area contributed by atoms with E-state index in [0.29, 0.717) is 5.92 Å². The van der Waals surface area contributed by atoms with E-state index < -0.39 is 11.1 Å². The Balaban J connectivity index is 2.64. The number of carbonyl (C=O) groups excluding carboxylic acids is 1. The van der Waals surface area contributed by atoms with Gasteiger partial charge in [0.15, 0.2) is 0 Å². The first-order valence-electron chi connectivity index (χ1n) is 5.75. The van der Waals surface area contributed by atoms with Gasteiger partial charge in [-0.15, -0.1) is 0 Å². The van der Waals surface area contributed by atoms with Crippen molar-refractivity contribution in [2.45, 2.75) is 64.5 Å². The second-order valence-corrected chi connectivity index (χ2v) is 5.86. The van der Waals surface area contributed by atoms with Crippen molar-refractivity contribution in [1.82, 2.24) is 0 Å². The molecule has 1 fully saturated rings. The quantitative estimate of drug-likeness (QED) is 0.680. The number of esters is 1. The van der Waals surface area contributed by atoms with Crippen molar-refractivity contribution in [1.29, 1.82) is 0 Å². The Labute approximate surface area is 92.4 Å². The molecule has 0 radical (unpaired) electrons. The van der Waals surface area contributed by atoms with Gasteiger partial charge in [-0.3, -0.25) is 4.79 Å². The van der Waals surface area contributed by atoms with Crippen LogP contribution >= 0.6 is 0 Å². The minimum atomic E-state index is -0.745. The summed E-state index contributed by atoms with van der Waals surface area (Å²) in [5.41, 5.74) is 4.94. The van der Waals surface area contributed by atoms with Crippen LogP contribution in [0, 0.1) is 5.92 Å². The molecule has 0 aromatic rings. The Morgan fingerprint density at radius 1 is 1.47 bits per heavy atom. The third-order valence-electron chi connectivity index (χ3n) is 2.84. The lowest BCUT2D eigenvalue weighted by atomic mass is 9.77. The van der Waals surface area contributed by atoms with E-state index in [1.807, 2.05) is 20.8 Å². The molecule has 1 aliphatic carbocycles. The molecule has 0 saturated heterocycles. The highest BCUT2D eigenvalue weighted by atomic mass is 16.6. The van der Waals surface area contributed by atoms with E-state index in [9.17, 15) is 4.79 Å². The molecule has 1 aliphatic rings. The Bertz CT molecular complexity index is 244. The molecule has 0 aromatic carbocycles. The van der Waals surface area contributed by atoms with E-state index in [1.165, 1.54) is 6.42 Å². The van der Waals surface area contributed by atoms with Crippen LogP contribution in [0.5, 0.6) is 0 Å². The molecule has 15 heavy (non-hydrogen) atoms. The Morgan fingerprint density at radius 3 is 2.53 bits per heavy atom. The summed E-state index contributed by atoms with van der Waals surface area (Å²) in [5, 5.41) is 0. The van der Waals surface area contributed by atoms with Crippen molar-refractivity contribution in [3.05, 3.63) is 0 Å². The van der Waals surface area contributed by atoms with Gasteiger partial charge < -0.3 is 10.5 Å². The van der Waals surface area contributed by atoms with Crippen molar-refractivity contribution in [2.24, 2.45) is 11.7 Å². The third kappa shape index (κ3) is 3.49. The fraction of sp³-hybridized carbons (Fsp3) is 0.917. The molecule has 1 rings (SSSR count). The van der Waals surface area contributed by atoms with Crippen LogP contribution in [0.15, 0.2) is 0 Å². The van der Waals surface area contributed by atoms with Gasteiger partial charge in [0, 0.05) is 0 Å². The lowest BCUT2D eigenvalue weighted by Crippen LogP contribution is -2.53. The number of ether oxygens (including phenoxy) is 1. The molecule has 3 nitrogen and oxygen atoms in total. The minimum absolute atomic E-state index is 0.235. The molecule has 3 heteroatoms. The molecular weight excluding hydrogens is 190 g/mol. The van der Waals surface area contributed by atoms with E-state index in [0.717, 1.165) is 19.3 Å². The number of carbonyl (C=O) groups is 1. The highest BCUT2D eigenvalue weighted by Gasteiger charge is 2.40. The maximum Gasteiger partial charge on any atom is 0.326 e. The second kappa shape index (κ2) is 4.12. The van der Waals surface area contributed by atoms with Crippen molar-refractivity contribution < 1.29 is 9.53 Å². The van der Waals surface area contributed by atoms with E-state index in [1.54, 1.807) is 0 Å². The molecular formula is C12H23NO2. The summed E-state index contributed by atoms with van der Waals surface area (Å²) >= 11 is 0. The van der Waals surface area contributed by atoms with Gasteiger partial charge in [-0.25, -0.2) is 0 Å². The maximum atomic E-state index is 11.9. The lowest BCUT2D eigenvalue weighted by molar-refractivity contribution is -0.163. The van der Waals surface area contributed by atoms with Gasteiger partial charge in [-0.2, -0.15) is 0 Å². The van der Waals surface area contributed by atoms with Crippen LogP contribution in [0.3, 0.4) is 0 Å². The average molecular weight is 213 g/mol. The summed E-state index contributed by atoms with van der Waals surface area (Å²) in [7, 11) is 0. The van der Waals surface area contributed by atoms with Gasteiger partial charge in [-0.1, -0.05) is 19.8 Å². The van der Waals surface area contributed by atoms with Gasteiger partial charge >= 0.3 is 5.97 Å².